The maximum Gasteiger partial charge on any atom is 0.360 e. The summed E-state index contributed by atoms with van der Waals surface area (Å²) in [6.45, 7) is 1.80. The highest BCUT2D eigenvalue weighted by molar-refractivity contribution is 5.89. The zero-order valence-electron chi connectivity index (χ0n) is 19.3. The molecule has 7 heteroatoms. The van der Waals surface area contributed by atoms with Crippen molar-refractivity contribution in [1.29, 1.82) is 0 Å². The third kappa shape index (κ3) is 3.82. The zero-order valence-corrected chi connectivity index (χ0v) is 19.3. The van der Waals surface area contributed by atoms with Crippen molar-refractivity contribution in [2.45, 2.75) is 62.3 Å². The first-order chi connectivity index (χ1) is 16.6. The number of carbonyl (C=O) groups is 2. The van der Waals surface area contributed by atoms with Crippen molar-refractivity contribution in [1.82, 2.24) is 0 Å². The van der Waals surface area contributed by atoms with Gasteiger partial charge in [-0.3, -0.25) is 0 Å². The van der Waals surface area contributed by atoms with Gasteiger partial charge >= 0.3 is 11.9 Å². The van der Waals surface area contributed by atoms with Crippen molar-refractivity contribution in [2.24, 2.45) is 5.18 Å². The quantitative estimate of drug-likeness (QED) is 0.351. The van der Waals surface area contributed by atoms with Gasteiger partial charge in [0.2, 0.25) is 0 Å². The topological polar surface area (TPSA) is 82.0 Å². The van der Waals surface area contributed by atoms with Gasteiger partial charge in [-0.15, -0.1) is 0 Å². The molecule has 5 rings (SSSR count). The molecule has 0 aliphatic carbocycles. The van der Waals surface area contributed by atoms with E-state index in [1.807, 2.05) is 12.1 Å². The van der Waals surface area contributed by atoms with Gasteiger partial charge in [0.1, 0.15) is 6.10 Å². The molecule has 178 valence electrons. The lowest BCUT2D eigenvalue weighted by molar-refractivity contribution is -0.956. The van der Waals surface area contributed by atoms with E-state index >= 15 is 0 Å². The van der Waals surface area contributed by atoms with Crippen LogP contribution in [-0.2, 0) is 24.7 Å². The van der Waals surface area contributed by atoms with Gasteiger partial charge in [-0.2, -0.15) is 4.91 Å². The van der Waals surface area contributed by atoms with Crippen molar-refractivity contribution in [3.63, 3.8) is 0 Å². The average molecular weight is 464 g/mol. The summed E-state index contributed by atoms with van der Waals surface area (Å²) in [5, 5.41) is 2.67. The van der Waals surface area contributed by atoms with Gasteiger partial charge in [0.25, 0.3) is 5.60 Å². The number of hydrogen-bond donors (Lipinski definition) is 0. The van der Waals surface area contributed by atoms with Crippen LogP contribution in [0.2, 0.25) is 0 Å². The van der Waals surface area contributed by atoms with Gasteiger partial charge in [-0.05, 0) is 0 Å². The Hall–Kier alpha value is -3.06. The third-order valence-corrected chi connectivity index (χ3v) is 8.14. The number of nitroso groups, excluding NO2 is 1. The fourth-order valence-electron chi connectivity index (χ4n) is 6.70. The molecule has 0 radical (unpaired) electrons. The predicted octanol–water partition coefficient (Wildman–Crippen LogP) is 4.09. The van der Waals surface area contributed by atoms with Crippen LogP contribution in [-0.4, -0.2) is 54.2 Å². The maximum atomic E-state index is 14.0. The highest BCUT2D eigenvalue weighted by atomic mass is 16.6. The second-order valence-corrected chi connectivity index (χ2v) is 9.82. The van der Waals surface area contributed by atoms with E-state index in [2.05, 4.69) is 5.18 Å². The third-order valence-electron chi connectivity index (χ3n) is 8.14. The molecule has 0 aromatic heterocycles. The number of piperidine rings is 1. The Morgan fingerprint density at radius 3 is 1.91 bits per heavy atom. The van der Waals surface area contributed by atoms with Crippen LogP contribution < -0.4 is 0 Å². The highest BCUT2D eigenvalue weighted by Crippen LogP contribution is 2.47. The number of benzene rings is 2. The molecule has 3 saturated heterocycles. The number of esters is 2. The van der Waals surface area contributed by atoms with Crippen LogP contribution in [0.15, 0.2) is 65.8 Å². The Kier molecular flexibility index (Phi) is 6.21. The maximum absolute atomic E-state index is 14.0. The van der Waals surface area contributed by atoms with Crippen molar-refractivity contribution < 1.29 is 23.5 Å². The largest absolute Gasteiger partial charge is 0.458 e. The minimum Gasteiger partial charge on any atom is -0.458 e. The average Bonchev–Trinajstić information content (AvgIpc) is 3.40. The van der Waals surface area contributed by atoms with E-state index < -0.39 is 24.1 Å². The van der Waals surface area contributed by atoms with Crippen LogP contribution in [0.4, 0.5) is 0 Å². The Balaban J connectivity index is 1.48. The van der Waals surface area contributed by atoms with Crippen LogP contribution in [0.25, 0.3) is 0 Å². The van der Waals surface area contributed by atoms with Gasteiger partial charge in [-0.25, -0.2) is 9.59 Å². The Bertz CT molecular complexity index is 980. The van der Waals surface area contributed by atoms with Gasteiger partial charge in [0.15, 0.2) is 6.54 Å². The van der Waals surface area contributed by atoms with Crippen LogP contribution in [0.3, 0.4) is 0 Å². The molecule has 34 heavy (non-hydrogen) atoms. The number of quaternary nitrogens is 1. The van der Waals surface area contributed by atoms with Gasteiger partial charge in [0.05, 0.1) is 25.2 Å². The number of nitrogens with zero attached hydrogens (tertiary/aromatic N) is 2. The van der Waals surface area contributed by atoms with E-state index in [0.29, 0.717) is 23.2 Å². The van der Waals surface area contributed by atoms with Gasteiger partial charge in [-0.1, -0.05) is 65.8 Å². The SMILES string of the molecule is O=NCC(=O)OC(C(=O)OC1CC2CCC(C1)[N+]21CCCC1)(c1ccccc1)c1ccccc1. The summed E-state index contributed by atoms with van der Waals surface area (Å²) in [5.74, 6) is -1.49. The standard InChI is InChI=1S/C27H31N2O5/c30-25(19-28-32)34-27(20-9-3-1-4-10-20,21-11-5-2-6-12-21)26(31)33-24-17-22-13-14-23(18-24)29(22)15-7-8-16-29/h1-6,9-12,22-24H,7-8,13-19H2/q+1. The summed E-state index contributed by atoms with van der Waals surface area (Å²) in [6, 6.07) is 18.8. The second-order valence-electron chi connectivity index (χ2n) is 9.82. The van der Waals surface area contributed by atoms with Crippen molar-refractivity contribution in [3.05, 3.63) is 76.7 Å². The van der Waals surface area contributed by atoms with Crippen molar-refractivity contribution >= 4 is 11.9 Å². The summed E-state index contributed by atoms with van der Waals surface area (Å²) in [4.78, 5) is 37.4. The molecule has 2 aromatic carbocycles. The molecule has 0 saturated carbocycles. The molecule has 2 atom stereocenters. The molecule has 2 aromatic rings. The first-order valence-electron chi connectivity index (χ1n) is 12.3. The van der Waals surface area contributed by atoms with E-state index in [-0.39, 0.29) is 6.10 Å². The molecule has 7 nitrogen and oxygen atoms in total. The number of carbonyl (C=O) groups excluding carboxylic acids is 2. The van der Waals surface area contributed by atoms with E-state index in [9.17, 15) is 14.5 Å². The lowest BCUT2D eigenvalue weighted by Crippen LogP contribution is -2.60. The number of hydrogen-bond acceptors (Lipinski definition) is 6. The first kappa shape index (κ1) is 22.7. The van der Waals surface area contributed by atoms with E-state index in [0.717, 1.165) is 12.8 Å². The van der Waals surface area contributed by atoms with Gasteiger partial charge < -0.3 is 14.0 Å². The van der Waals surface area contributed by atoms with Crippen LogP contribution in [0.1, 0.15) is 49.7 Å². The Morgan fingerprint density at radius 1 is 0.882 bits per heavy atom. The summed E-state index contributed by atoms with van der Waals surface area (Å²) >= 11 is 0. The van der Waals surface area contributed by atoms with Gasteiger partial charge in [0, 0.05) is 49.7 Å². The Morgan fingerprint density at radius 2 is 1.41 bits per heavy atom. The molecule has 3 fully saturated rings. The predicted molar refractivity (Wildman–Crippen MR) is 126 cm³/mol. The van der Waals surface area contributed by atoms with E-state index in [4.69, 9.17) is 9.47 Å². The number of ether oxygens (including phenoxy) is 2. The normalized spacial score (nSPS) is 25.1. The lowest BCUT2D eigenvalue weighted by Gasteiger charge is -2.47. The zero-order chi connectivity index (χ0) is 23.6. The molecule has 3 aliphatic rings. The summed E-state index contributed by atoms with van der Waals surface area (Å²) < 4.78 is 13.2. The summed E-state index contributed by atoms with van der Waals surface area (Å²) in [7, 11) is 0. The van der Waals surface area contributed by atoms with Crippen LogP contribution >= 0.6 is 0 Å². The molecular formula is C27H31N2O5+. The smallest absolute Gasteiger partial charge is 0.360 e. The number of rotatable bonds is 7. The second kappa shape index (κ2) is 9.29. The van der Waals surface area contributed by atoms with Crippen LogP contribution in [0.5, 0.6) is 0 Å². The molecule has 2 bridgehead atoms. The molecule has 3 heterocycles. The van der Waals surface area contributed by atoms with Crippen molar-refractivity contribution in [3.8, 4) is 0 Å². The monoisotopic (exact) mass is 463 g/mol. The van der Waals surface area contributed by atoms with Crippen LogP contribution in [0, 0.1) is 4.91 Å². The molecule has 0 amide bonds. The highest BCUT2D eigenvalue weighted by Gasteiger charge is 2.57. The minimum absolute atomic E-state index is 0.218. The van der Waals surface area contributed by atoms with E-state index in [1.165, 1.54) is 43.3 Å². The summed E-state index contributed by atoms with van der Waals surface area (Å²) in [5.41, 5.74) is -0.847. The van der Waals surface area contributed by atoms with Crippen molar-refractivity contribution in [2.75, 3.05) is 19.6 Å². The molecule has 1 spiro atoms. The molecular weight excluding hydrogens is 432 g/mol. The fraction of sp³-hybridized carbons (Fsp3) is 0.481. The summed E-state index contributed by atoms with van der Waals surface area (Å²) in [6.07, 6.45) is 6.39. The molecule has 2 unspecified atom stereocenters. The lowest BCUT2D eigenvalue weighted by atomic mass is 9.85. The fourth-order valence-corrected chi connectivity index (χ4v) is 6.70. The Labute approximate surface area is 199 Å². The molecule has 0 N–H and O–H groups in total. The molecule has 3 aliphatic heterocycles. The first-order valence-corrected chi connectivity index (χ1v) is 12.3. The van der Waals surface area contributed by atoms with E-state index in [1.54, 1.807) is 48.5 Å². The minimum atomic E-state index is -1.80.